The van der Waals surface area contributed by atoms with Gasteiger partial charge in [-0.25, -0.2) is 0 Å². The number of rotatable bonds is 0. The topological polar surface area (TPSA) is 34.1 Å². The molecule has 0 aromatic carbocycles. The van der Waals surface area contributed by atoms with E-state index >= 15 is 0 Å². The normalized spacial score (nSPS) is 2.50. The summed E-state index contributed by atoms with van der Waals surface area (Å²) in [7, 11) is 1.72. The van der Waals surface area contributed by atoms with Crippen molar-refractivity contribution >= 4 is 10.1 Å². The summed E-state index contributed by atoms with van der Waals surface area (Å²) in [4.78, 5) is 0. The summed E-state index contributed by atoms with van der Waals surface area (Å²) < 4.78 is 15.9. The molecule has 0 fully saturated rings. The summed E-state index contributed by atoms with van der Waals surface area (Å²) >= 11 is 2.94. The van der Waals surface area contributed by atoms with E-state index in [1.54, 1.807) is 10.1 Å². The first-order valence-electron chi connectivity index (χ1n) is 0.327. The molecule has 0 amide bonds. The van der Waals surface area contributed by atoms with Gasteiger partial charge in [0.25, 0.3) is 0 Å². The average molecular weight is 124 g/mol. The predicted molar refractivity (Wildman–Crippen MR) is 7.13 cm³/mol. The molecule has 0 aromatic rings. The van der Waals surface area contributed by atoms with Crippen LogP contribution in [0.3, 0.4) is 0 Å². The van der Waals surface area contributed by atoms with Crippen LogP contribution >= 0.6 is 0 Å². The maximum atomic E-state index is 8.06. The third-order valence-electron chi connectivity index (χ3n) is 0. The first-order chi connectivity index (χ1) is 2.00. The van der Waals surface area contributed by atoms with Gasteiger partial charge in [0.15, 0.2) is 0 Å². The SMILES string of the molecule is O=[Si].[O]=[Cu]. The second-order valence-electron chi connectivity index (χ2n) is 0. The van der Waals surface area contributed by atoms with Crippen molar-refractivity contribution in [3.05, 3.63) is 0 Å². The Morgan fingerprint density at radius 2 is 1.25 bits per heavy atom. The molecule has 0 bridgehead atoms. The molecular formula is CuO2Si. The van der Waals surface area contributed by atoms with Crippen LogP contribution in [-0.2, 0) is 24.2 Å². The fourth-order valence-electron chi connectivity index (χ4n) is 0. The molecule has 0 unspecified atom stereocenters. The molecule has 0 aromatic heterocycles. The molecule has 0 heterocycles. The van der Waals surface area contributed by atoms with E-state index in [-0.39, 0.29) is 0 Å². The van der Waals surface area contributed by atoms with E-state index in [0.29, 0.717) is 0 Å². The first kappa shape index (κ1) is 8.84. The molecule has 0 aliphatic carbocycles. The van der Waals surface area contributed by atoms with Gasteiger partial charge in [0.05, 0.1) is 0 Å². The van der Waals surface area contributed by atoms with Crippen molar-refractivity contribution in [1.29, 1.82) is 0 Å². The van der Waals surface area contributed by atoms with Crippen LogP contribution in [0.15, 0.2) is 0 Å². The van der Waals surface area contributed by atoms with Gasteiger partial charge in [0.2, 0.25) is 0 Å². The van der Waals surface area contributed by atoms with Crippen molar-refractivity contribution in [2.75, 3.05) is 0 Å². The van der Waals surface area contributed by atoms with Crippen molar-refractivity contribution in [2.45, 2.75) is 0 Å². The molecule has 0 aliphatic rings. The van der Waals surface area contributed by atoms with Crippen LogP contribution in [-0.4, -0.2) is 10.1 Å². The summed E-state index contributed by atoms with van der Waals surface area (Å²) in [6.07, 6.45) is 0. The van der Waals surface area contributed by atoms with Gasteiger partial charge in [-0.15, -0.1) is 0 Å². The summed E-state index contributed by atoms with van der Waals surface area (Å²) in [5, 5.41) is 0. The van der Waals surface area contributed by atoms with Gasteiger partial charge in [0.1, 0.15) is 0 Å². The zero-order valence-corrected chi connectivity index (χ0v) is 3.56. The van der Waals surface area contributed by atoms with E-state index in [0.717, 1.165) is 0 Å². The standard InChI is InChI=1S/Cu.OSi.O/c;1-2;. The number of hydrogen-bond acceptors (Lipinski definition) is 2. The van der Waals surface area contributed by atoms with E-state index in [1.807, 2.05) is 0 Å². The van der Waals surface area contributed by atoms with Gasteiger partial charge >= 0.3 is 29.9 Å². The van der Waals surface area contributed by atoms with Gasteiger partial charge in [-0.1, -0.05) is 0 Å². The van der Waals surface area contributed by atoms with Crippen LogP contribution in [0.1, 0.15) is 0 Å². The molecule has 2 radical (unpaired) electrons. The third kappa shape index (κ3) is 36.9. The number of hydrogen-bond donors (Lipinski definition) is 0. The minimum atomic E-state index is 1.72. The second kappa shape index (κ2) is 161. The molecule has 0 saturated heterocycles. The minimum absolute atomic E-state index is 1.72. The summed E-state index contributed by atoms with van der Waals surface area (Å²) in [5.41, 5.74) is 0. The second-order valence-corrected chi connectivity index (χ2v) is 0. The van der Waals surface area contributed by atoms with Crippen LogP contribution < -0.4 is 0 Å². The van der Waals surface area contributed by atoms with Gasteiger partial charge in [-0.3, -0.25) is 0 Å². The van der Waals surface area contributed by atoms with Crippen LogP contribution in [0.4, 0.5) is 0 Å². The molecule has 0 spiro atoms. The molecular weight excluding hydrogens is 124 g/mol. The maximum absolute atomic E-state index is 8.06. The van der Waals surface area contributed by atoms with Gasteiger partial charge in [0, 0.05) is 0 Å². The zero-order valence-electron chi connectivity index (χ0n) is 1.62. The monoisotopic (exact) mass is 123 g/mol. The van der Waals surface area contributed by atoms with Crippen molar-refractivity contribution in [2.24, 2.45) is 0 Å². The first-order valence-corrected chi connectivity index (χ1v) is 1.12. The quantitative estimate of drug-likeness (QED) is 0.403. The van der Waals surface area contributed by atoms with Gasteiger partial charge < -0.3 is 4.46 Å². The fourth-order valence-corrected chi connectivity index (χ4v) is 0. The molecule has 0 rings (SSSR count). The van der Waals surface area contributed by atoms with Crippen LogP contribution in [0.2, 0.25) is 0 Å². The molecule has 27 valence electrons. The van der Waals surface area contributed by atoms with E-state index in [9.17, 15) is 0 Å². The molecule has 0 atom stereocenters. The van der Waals surface area contributed by atoms with Crippen molar-refractivity contribution in [3.8, 4) is 0 Å². The van der Waals surface area contributed by atoms with E-state index in [2.05, 4.69) is 15.9 Å². The molecule has 4 heteroatoms. The predicted octanol–water partition coefficient (Wildman–Crippen LogP) is -0.621. The third-order valence-corrected chi connectivity index (χ3v) is 0. The summed E-state index contributed by atoms with van der Waals surface area (Å²) in [5.74, 6) is 0. The molecule has 0 aliphatic heterocycles. The Kier molecular flexibility index (Phi) is 356. The Hall–Kier alpha value is 0.336. The molecule has 0 saturated carbocycles. The van der Waals surface area contributed by atoms with Crippen molar-refractivity contribution < 1.29 is 24.2 Å². The molecule has 4 heavy (non-hydrogen) atoms. The van der Waals surface area contributed by atoms with Crippen LogP contribution in [0.25, 0.3) is 0 Å². The van der Waals surface area contributed by atoms with Gasteiger partial charge in [-0.05, 0) is 0 Å². The summed E-state index contributed by atoms with van der Waals surface area (Å²) in [6, 6.07) is 0. The van der Waals surface area contributed by atoms with Crippen LogP contribution in [0.5, 0.6) is 0 Å². The Balaban J connectivity index is 0. The Labute approximate surface area is 35.1 Å². The van der Waals surface area contributed by atoms with E-state index in [4.69, 9.17) is 8.30 Å². The Bertz CT molecular complexity index is 8.00. The van der Waals surface area contributed by atoms with Crippen molar-refractivity contribution in [1.82, 2.24) is 0 Å². The van der Waals surface area contributed by atoms with E-state index < -0.39 is 0 Å². The van der Waals surface area contributed by atoms with Crippen molar-refractivity contribution in [3.63, 3.8) is 0 Å². The molecule has 2 nitrogen and oxygen atoms in total. The van der Waals surface area contributed by atoms with Crippen LogP contribution in [0, 0.1) is 0 Å². The molecule has 0 N–H and O–H groups in total. The summed E-state index contributed by atoms with van der Waals surface area (Å²) in [6.45, 7) is 0. The van der Waals surface area contributed by atoms with Gasteiger partial charge in [-0.2, -0.15) is 0 Å². The zero-order chi connectivity index (χ0) is 4.00. The Morgan fingerprint density at radius 1 is 1.25 bits per heavy atom. The fraction of sp³-hybridized carbons (Fsp3) is 0. The average Bonchev–Trinajstić information content (AvgIpc) is 1.50. The van der Waals surface area contributed by atoms with E-state index in [1.165, 1.54) is 0 Å². The Morgan fingerprint density at radius 3 is 1.25 bits per heavy atom.